The van der Waals surface area contributed by atoms with Crippen molar-refractivity contribution in [3.63, 3.8) is 0 Å². The molecule has 0 spiro atoms. The van der Waals surface area contributed by atoms with Crippen LogP contribution in [0.25, 0.3) is 21.3 Å². The number of hydrogen-bond donors (Lipinski definition) is 3. The quantitative estimate of drug-likeness (QED) is 0.287. The van der Waals surface area contributed by atoms with Gasteiger partial charge in [-0.05, 0) is 62.9 Å². The molecule has 0 amide bonds. The maximum atomic E-state index is 13.2. The Morgan fingerprint density at radius 2 is 2.06 bits per heavy atom. The summed E-state index contributed by atoms with van der Waals surface area (Å²) >= 11 is 1.34. The van der Waals surface area contributed by atoms with E-state index in [0.29, 0.717) is 21.3 Å². The number of pyridine rings is 1. The zero-order valence-electron chi connectivity index (χ0n) is 19.4. The van der Waals surface area contributed by atoms with E-state index in [4.69, 9.17) is 9.84 Å². The largest absolute Gasteiger partial charge is 0.481 e. The molecule has 0 atom stereocenters. The second-order valence-corrected chi connectivity index (χ2v) is 9.53. The summed E-state index contributed by atoms with van der Waals surface area (Å²) in [6.07, 6.45) is 6.92. The van der Waals surface area contributed by atoms with Crippen molar-refractivity contribution in [2.24, 2.45) is 5.92 Å². The highest BCUT2D eigenvalue weighted by Crippen LogP contribution is 2.30. The summed E-state index contributed by atoms with van der Waals surface area (Å²) in [6, 6.07) is 5.95. The minimum atomic E-state index is -1.03. The fourth-order valence-electron chi connectivity index (χ4n) is 3.64. The van der Waals surface area contributed by atoms with Gasteiger partial charge >= 0.3 is 5.97 Å². The summed E-state index contributed by atoms with van der Waals surface area (Å²) in [5.74, 6) is -1.26. The van der Waals surface area contributed by atoms with Gasteiger partial charge in [0.1, 0.15) is 0 Å². The summed E-state index contributed by atoms with van der Waals surface area (Å²) in [6.45, 7) is 3.73. The van der Waals surface area contributed by atoms with E-state index in [0.717, 1.165) is 41.9 Å². The average Bonchev–Trinajstić information content (AvgIpc) is 3.48. The predicted molar refractivity (Wildman–Crippen MR) is 131 cm³/mol. The Bertz CT molecular complexity index is 1320. The van der Waals surface area contributed by atoms with Gasteiger partial charge in [-0.1, -0.05) is 0 Å². The van der Waals surface area contributed by atoms with Gasteiger partial charge in [0.2, 0.25) is 5.88 Å². The first-order chi connectivity index (χ1) is 16.9. The summed E-state index contributed by atoms with van der Waals surface area (Å²) in [7, 11) is 1.53. The highest BCUT2D eigenvalue weighted by Gasteiger charge is 2.20. The van der Waals surface area contributed by atoms with E-state index in [9.17, 15) is 13.6 Å². The minimum Gasteiger partial charge on any atom is -0.481 e. The van der Waals surface area contributed by atoms with E-state index >= 15 is 0 Å². The number of carbonyl (C=O) groups is 1. The van der Waals surface area contributed by atoms with Gasteiger partial charge in [-0.15, -0.1) is 11.3 Å². The molecule has 3 aromatic heterocycles. The van der Waals surface area contributed by atoms with Crippen molar-refractivity contribution in [2.45, 2.75) is 26.2 Å². The topological polar surface area (TPSA) is 100 Å². The number of rotatable bonds is 8. The lowest BCUT2D eigenvalue weighted by atomic mass is 10.1. The minimum absolute atomic E-state index is 0.0690. The van der Waals surface area contributed by atoms with Crippen molar-refractivity contribution in [1.82, 2.24) is 20.3 Å². The molecule has 0 bridgehead atoms. The van der Waals surface area contributed by atoms with Crippen LogP contribution in [0.15, 0.2) is 36.7 Å². The molecule has 5 rings (SSSR count). The molecule has 3 heterocycles. The number of ether oxygens (including phenoxy) is 1. The molecule has 4 aromatic rings. The summed E-state index contributed by atoms with van der Waals surface area (Å²) in [5.41, 5.74) is 2.49. The van der Waals surface area contributed by atoms with Gasteiger partial charge in [0.15, 0.2) is 17.3 Å². The second-order valence-electron chi connectivity index (χ2n) is 8.33. The fraction of sp³-hybridized carbons (Fsp3) is 0.320. The lowest BCUT2D eigenvalue weighted by Crippen LogP contribution is -2.19. The van der Waals surface area contributed by atoms with Crippen molar-refractivity contribution in [1.29, 1.82) is 0 Å². The number of methoxy groups -OCH3 is 1. The number of thiazole rings is 1. The first-order valence-corrected chi connectivity index (χ1v) is 12.0. The third-order valence-corrected chi connectivity index (χ3v) is 6.67. The summed E-state index contributed by atoms with van der Waals surface area (Å²) < 4.78 is 31.2. The molecule has 1 saturated carbocycles. The molecule has 1 aliphatic carbocycles. The van der Waals surface area contributed by atoms with E-state index in [1.54, 1.807) is 25.3 Å². The number of aromatic nitrogens is 3. The van der Waals surface area contributed by atoms with Crippen molar-refractivity contribution in [3.05, 3.63) is 64.6 Å². The molecular formula is C25H26F2N4O3S. The first-order valence-electron chi connectivity index (χ1n) is 11.2. The van der Waals surface area contributed by atoms with E-state index in [2.05, 4.69) is 20.3 Å². The van der Waals surface area contributed by atoms with E-state index < -0.39 is 17.6 Å². The number of fused-ring (bicyclic) bond motifs is 1. The lowest BCUT2D eigenvalue weighted by Gasteiger charge is -2.03. The van der Waals surface area contributed by atoms with Gasteiger partial charge in [-0.3, -0.25) is 0 Å². The lowest BCUT2D eigenvalue weighted by molar-refractivity contribution is 0.0692. The zero-order valence-corrected chi connectivity index (χ0v) is 20.2. The van der Waals surface area contributed by atoms with Crippen LogP contribution >= 0.6 is 11.3 Å². The van der Waals surface area contributed by atoms with Gasteiger partial charge < -0.3 is 20.1 Å². The maximum absolute atomic E-state index is 13.2. The molecule has 35 heavy (non-hydrogen) atoms. The van der Waals surface area contributed by atoms with Crippen LogP contribution in [-0.4, -0.2) is 46.2 Å². The molecule has 1 fully saturated rings. The van der Waals surface area contributed by atoms with E-state index in [1.807, 2.05) is 6.20 Å². The van der Waals surface area contributed by atoms with Crippen molar-refractivity contribution in [2.75, 3.05) is 20.2 Å². The third-order valence-electron chi connectivity index (χ3n) is 5.65. The Morgan fingerprint density at radius 3 is 2.71 bits per heavy atom. The monoisotopic (exact) mass is 500 g/mol. The number of aromatic carboxylic acids is 1. The molecule has 7 nitrogen and oxygen atoms in total. The molecule has 1 aliphatic rings. The van der Waals surface area contributed by atoms with Crippen LogP contribution in [0.4, 0.5) is 8.78 Å². The van der Waals surface area contributed by atoms with Crippen LogP contribution in [0.3, 0.4) is 0 Å². The maximum Gasteiger partial charge on any atom is 0.356 e. The predicted octanol–water partition coefficient (Wildman–Crippen LogP) is 5.21. The molecule has 0 aliphatic heterocycles. The molecule has 3 N–H and O–H groups in total. The molecule has 1 aromatic carbocycles. The molecule has 0 radical (unpaired) electrons. The molecular weight excluding hydrogens is 474 g/mol. The number of carboxylic acids is 1. The number of nitrogens with one attached hydrogen (secondary N) is 2. The van der Waals surface area contributed by atoms with Gasteiger partial charge in [-0.25, -0.2) is 23.5 Å². The third kappa shape index (κ3) is 6.20. The highest BCUT2D eigenvalue weighted by molar-refractivity contribution is 7.15. The Balaban J connectivity index is 0.000000165. The normalized spacial score (nSPS) is 12.9. The SMILES string of the molecule is COc1ccc(-c2sc(C)nc2C(=O)O)cn1.Fc1cc2[nH]cc(CCNCC3CC3)c2cc1F. The Morgan fingerprint density at radius 1 is 1.29 bits per heavy atom. The molecule has 184 valence electrons. The number of aromatic amines is 1. The zero-order chi connectivity index (χ0) is 24.9. The fourth-order valence-corrected chi connectivity index (χ4v) is 4.54. The molecule has 10 heteroatoms. The molecule has 0 saturated heterocycles. The van der Waals surface area contributed by atoms with E-state index in [-0.39, 0.29) is 5.69 Å². The number of halogens is 2. The van der Waals surface area contributed by atoms with Crippen molar-refractivity contribution >= 4 is 28.2 Å². The number of nitrogens with zero attached hydrogens (tertiary/aromatic N) is 2. The van der Waals surface area contributed by atoms with Gasteiger partial charge in [0.25, 0.3) is 0 Å². The second kappa shape index (κ2) is 10.9. The van der Waals surface area contributed by atoms with E-state index in [1.165, 1.54) is 43.4 Å². The van der Waals surface area contributed by atoms with Crippen LogP contribution in [0, 0.1) is 24.5 Å². The smallest absolute Gasteiger partial charge is 0.356 e. The summed E-state index contributed by atoms with van der Waals surface area (Å²) in [5, 5.41) is 13.9. The van der Waals surface area contributed by atoms with Crippen LogP contribution in [0.2, 0.25) is 0 Å². The molecule has 0 unspecified atom stereocenters. The van der Waals surface area contributed by atoms with Crippen molar-refractivity contribution in [3.8, 4) is 16.3 Å². The van der Waals surface area contributed by atoms with Gasteiger partial charge in [-0.2, -0.15) is 0 Å². The number of aryl methyl sites for hydroxylation is 1. The van der Waals surface area contributed by atoms with Crippen LogP contribution < -0.4 is 10.1 Å². The highest BCUT2D eigenvalue weighted by atomic mass is 32.1. The first kappa shape index (κ1) is 24.7. The van der Waals surface area contributed by atoms with Gasteiger partial charge in [0, 0.05) is 41.0 Å². The van der Waals surface area contributed by atoms with Crippen molar-refractivity contribution < 1.29 is 23.4 Å². The number of benzene rings is 1. The van der Waals surface area contributed by atoms with Crippen LogP contribution in [-0.2, 0) is 6.42 Å². The average molecular weight is 501 g/mol. The number of H-pyrrole nitrogens is 1. The standard InChI is InChI=1S/C14H16F2N2.C11H10N2O3S/c15-12-5-11-10(3-4-17-7-9-1-2-9)8-18-14(11)6-13(12)16;1-6-13-9(11(14)15)10(17-6)7-3-4-8(16-2)12-5-7/h5-6,8-9,17-18H,1-4,7H2;3-5H,1-2H3,(H,14,15). The van der Waals surface area contributed by atoms with Crippen LogP contribution in [0.5, 0.6) is 5.88 Å². The summed E-state index contributed by atoms with van der Waals surface area (Å²) in [4.78, 5) is 22.7. The number of hydrogen-bond acceptors (Lipinski definition) is 6. The number of carboxylic acid groups (broad SMARTS) is 1. The van der Waals surface area contributed by atoms with Gasteiger partial charge in [0.05, 0.1) is 17.0 Å². The van der Waals surface area contributed by atoms with Crippen LogP contribution in [0.1, 0.15) is 33.9 Å². The Labute approximate surface area is 205 Å². The Hall–Kier alpha value is -3.37. The Kier molecular flexibility index (Phi) is 7.72.